The summed E-state index contributed by atoms with van der Waals surface area (Å²) >= 11 is 0. The zero-order chi connectivity index (χ0) is 28.2. The van der Waals surface area contributed by atoms with Gasteiger partial charge in [-0.05, 0) is 56.7 Å². The Balaban J connectivity index is 0.00000144. The topological polar surface area (TPSA) is 86.6 Å². The maximum atomic E-state index is 13.9. The van der Waals surface area contributed by atoms with E-state index in [4.69, 9.17) is 0 Å². The van der Waals surface area contributed by atoms with E-state index in [1.54, 1.807) is 28.4 Å². The van der Waals surface area contributed by atoms with Crippen LogP contribution >= 0.6 is 0 Å². The Morgan fingerprint density at radius 2 is 1.90 bits per heavy atom. The maximum absolute atomic E-state index is 13.9. The third-order valence-corrected chi connectivity index (χ3v) is 6.91. The van der Waals surface area contributed by atoms with Gasteiger partial charge in [-0.25, -0.2) is 25.0 Å². The lowest BCUT2D eigenvalue weighted by Crippen LogP contribution is -2.53. The Labute approximate surface area is 234 Å². The molecule has 2 aliphatic carbocycles. The lowest BCUT2D eigenvalue weighted by molar-refractivity contribution is -0.137. The molecule has 3 heterocycles. The molecule has 1 amide bonds. The van der Waals surface area contributed by atoms with Crippen molar-refractivity contribution in [1.29, 1.82) is 0 Å². The average Bonchev–Trinajstić information content (AvgIpc) is 3.88. The number of hydrazine groups is 1. The third-order valence-electron chi connectivity index (χ3n) is 6.91. The van der Waals surface area contributed by atoms with Gasteiger partial charge in [-0.1, -0.05) is 34.1 Å². The summed E-state index contributed by atoms with van der Waals surface area (Å²) in [5.74, 6) is 6.19. The molecule has 2 fully saturated rings. The summed E-state index contributed by atoms with van der Waals surface area (Å²) in [6.07, 6.45) is 3.28. The minimum absolute atomic E-state index is 0. The lowest BCUT2D eigenvalue weighted by atomic mass is 9.99. The molecule has 11 heteroatoms. The summed E-state index contributed by atoms with van der Waals surface area (Å²) in [6.45, 7) is 8.12. The van der Waals surface area contributed by atoms with Crippen LogP contribution in [0.25, 0.3) is 0 Å². The van der Waals surface area contributed by atoms with Crippen LogP contribution in [0.4, 0.5) is 19.1 Å². The number of aromatic nitrogens is 3. The van der Waals surface area contributed by atoms with Gasteiger partial charge < -0.3 is 4.90 Å². The quantitative estimate of drug-likeness (QED) is 0.445. The van der Waals surface area contributed by atoms with Crippen molar-refractivity contribution in [3.8, 4) is 11.8 Å². The van der Waals surface area contributed by atoms with Crippen LogP contribution in [-0.4, -0.2) is 50.8 Å². The predicted molar refractivity (Wildman–Crippen MR) is 149 cm³/mol. The molecular formula is C29H38F3N7O. The van der Waals surface area contributed by atoms with Gasteiger partial charge in [0.15, 0.2) is 6.17 Å². The third kappa shape index (κ3) is 6.72. The Bertz CT molecular complexity index is 1250. The maximum Gasteiger partial charge on any atom is 0.416 e. The second kappa shape index (κ2) is 12.7. The van der Waals surface area contributed by atoms with Crippen molar-refractivity contribution in [3.05, 3.63) is 47.5 Å². The number of nitrogens with one attached hydrogen (secondary N) is 1. The fourth-order valence-corrected chi connectivity index (χ4v) is 4.44. The molecule has 0 bridgehead atoms. The second-order valence-electron chi connectivity index (χ2n) is 9.74. The summed E-state index contributed by atoms with van der Waals surface area (Å²) < 4.78 is 41.7. The van der Waals surface area contributed by atoms with Crippen LogP contribution in [0, 0.1) is 17.8 Å². The van der Waals surface area contributed by atoms with Crippen molar-refractivity contribution in [2.75, 3.05) is 11.6 Å². The SMILES string of the molecule is C.CC.CCC#CC1(c2cc(C(F)(F)F)cc(C(=O)N(CC3CC3)C(C)C3N=CNN3c3ncccn3)n2)CC1. The van der Waals surface area contributed by atoms with Crippen molar-refractivity contribution in [3.63, 3.8) is 0 Å². The van der Waals surface area contributed by atoms with Gasteiger partial charge in [-0.3, -0.25) is 10.2 Å². The number of hydrogen-bond acceptors (Lipinski definition) is 7. The number of rotatable bonds is 7. The molecule has 2 saturated carbocycles. The Morgan fingerprint density at radius 3 is 2.48 bits per heavy atom. The van der Waals surface area contributed by atoms with Crippen LogP contribution in [0.2, 0.25) is 0 Å². The number of hydrogen-bond donors (Lipinski definition) is 1. The van der Waals surface area contributed by atoms with Crippen molar-refractivity contribution in [2.45, 2.75) is 91.0 Å². The molecule has 2 aromatic rings. The van der Waals surface area contributed by atoms with Gasteiger partial charge in [-0.15, -0.1) is 5.92 Å². The van der Waals surface area contributed by atoms with E-state index in [0.717, 1.165) is 25.0 Å². The fourth-order valence-electron chi connectivity index (χ4n) is 4.44. The molecule has 1 N–H and O–H groups in total. The van der Waals surface area contributed by atoms with Crippen LogP contribution in [0.1, 0.15) is 89.0 Å². The summed E-state index contributed by atoms with van der Waals surface area (Å²) in [7, 11) is 0. The number of alkyl halides is 3. The average molecular weight is 558 g/mol. The molecule has 0 spiro atoms. The van der Waals surface area contributed by atoms with E-state index in [2.05, 4.69) is 37.2 Å². The van der Waals surface area contributed by atoms with Crippen LogP contribution in [0.3, 0.4) is 0 Å². The van der Waals surface area contributed by atoms with Crippen molar-refractivity contribution < 1.29 is 18.0 Å². The smallest absolute Gasteiger partial charge is 0.330 e. The molecule has 5 rings (SSSR count). The number of pyridine rings is 1. The summed E-state index contributed by atoms with van der Waals surface area (Å²) in [4.78, 5) is 32.9. The molecule has 1 aliphatic heterocycles. The zero-order valence-corrected chi connectivity index (χ0v) is 22.7. The number of carbonyl (C=O) groups is 1. The molecule has 216 valence electrons. The van der Waals surface area contributed by atoms with E-state index < -0.39 is 35.3 Å². The van der Waals surface area contributed by atoms with E-state index in [9.17, 15) is 18.0 Å². The minimum atomic E-state index is -4.62. The highest BCUT2D eigenvalue weighted by molar-refractivity contribution is 5.93. The second-order valence-corrected chi connectivity index (χ2v) is 9.74. The predicted octanol–water partition coefficient (Wildman–Crippen LogP) is 5.62. The molecule has 2 aromatic heterocycles. The first-order valence-corrected chi connectivity index (χ1v) is 13.5. The number of nitrogens with zero attached hydrogens (tertiary/aromatic N) is 6. The van der Waals surface area contributed by atoms with Gasteiger partial charge in [-0.2, -0.15) is 13.2 Å². The monoisotopic (exact) mass is 557 g/mol. The normalized spacial score (nSPS) is 19.2. The first-order valence-electron chi connectivity index (χ1n) is 13.5. The molecule has 8 nitrogen and oxygen atoms in total. The number of amides is 1. The number of anilines is 1. The Morgan fingerprint density at radius 1 is 1.23 bits per heavy atom. The van der Waals surface area contributed by atoms with Crippen LogP contribution in [-0.2, 0) is 11.6 Å². The van der Waals surface area contributed by atoms with Crippen LogP contribution in [0.5, 0.6) is 0 Å². The highest BCUT2D eigenvalue weighted by atomic mass is 19.4. The minimum Gasteiger partial charge on any atom is -0.330 e. The van der Waals surface area contributed by atoms with Gasteiger partial charge in [0.05, 0.1) is 22.7 Å². The fraction of sp³-hybridized carbons (Fsp3) is 0.552. The van der Waals surface area contributed by atoms with Gasteiger partial charge in [0, 0.05) is 25.4 Å². The van der Waals surface area contributed by atoms with Crippen LogP contribution in [0.15, 0.2) is 35.6 Å². The van der Waals surface area contributed by atoms with Crippen molar-refractivity contribution >= 4 is 18.2 Å². The summed E-state index contributed by atoms with van der Waals surface area (Å²) in [5, 5.41) is 1.64. The molecule has 2 atom stereocenters. The first-order chi connectivity index (χ1) is 18.7. The van der Waals surface area contributed by atoms with E-state index in [1.807, 2.05) is 27.7 Å². The Hall–Kier alpha value is -3.68. The summed E-state index contributed by atoms with van der Waals surface area (Å²) in [6, 6.07) is 3.09. The van der Waals surface area contributed by atoms with Gasteiger partial charge >= 0.3 is 6.18 Å². The Kier molecular flexibility index (Phi) is 9.77. The molecule has 3 aliphatic rings. The standard InChI is InChI=1S/C26H28F3N7O.C2H6.CH4/c1-3-4-8-25(9-10-25)21-14-19(26(27,28)29)13-20(34-21)23(37)35(15-18-6-7-18)17(2)22-32-16-33-36(22)24-30-11-5-12-31-24;1-2;/h5,11-14,16-18,22H,3,6-7,9-10,15H2,1-2H3,(H,32,33);1-2H3;1H4. The van der Waals surface area contributed by atoms with Gasteiger partial charge in [0.25, 0.3) is 5.91 Å². The lowest BCUT2D eigenvalue weighted by Gasteiger charge is -2.35. The number of aliphatic imine (C=N–C) groups is 1. The molecular weight excluding hydrogens is 519 g/mol. The van der Waals surface area contributed by atoms with Gasteiger partial charge in [0.1, 0.15) is 12.0 Å². The number of halogens is 3. The van der Waals surface area contributed by atoms with Crippen molar-refractivity contribution in [2.24, 2.45) is 10.9 Å². The van der Waals surface area contributed by atoms with Crippen molar-refractivity contribution in [1.82, 2.24) is 25.3 Å². The van der Waals surface area contributed by atoms with Gasteiger partial charge in [0.2, 0.25) is 5.95 Å². The van der Waals surface area contributed by atoms with E-state index in [-0.39, 0.29) is 18.8 Å². The molecule has 0 radical (unpaired) electrons. The van der Waals surface area contributed by atoms with E-state index in [0.29, 0.717) is 37.7 Å². The molecule has 40 heavy (non-hydrogen) atoms. The van der Waals surface area contributed by atoms with E-state index in [1.165, 1.54) is 6.34 Å². The van der Waals surface area contributed by atoms with Crippen LogP contribution < -0.4 is 10.4 Å². The molecule has 0 saturated heterocycles. The zero-order valence-electron chi connectivity index (χ0n) is 22.7. The molecule has 0 aromatic carbocycles. The first kappa shape index (κ1) is 30.9. The molecule has 2 unspecified atom stereocenters. The number of carbonyl (C=O) groups excluding carboxylic acids is 1. The largest absolute Gasteiger partial charge is 0.416 e. The summed E-state index contributed by atoms with van der Waals surface area (Å²) in [5.41, 5.74) is 1.38. The highest BCUT2D eigenvalue weighted by Crippen LogP contribution is 2.48. The highest BCUT2D eigenvalue weighted by Gasteiger charge is 2.47. The van der Waals surface area contributed by atoms with E-state index >= 15 is 0 Å².